The van der Waals surface area contributed by atoms with Crippen molar-refractivity contribution in [2.45, 2.75) is 15.2 Å². The van der Waals surface area contributed by atoms with Gasteiger partial charge in [0.1, 0.15) is 11.2 Å². The lowest BCUT2D eigenvalue weighted by atomic mass is 9.59. The summed E-state index contributed by atoms with van der Waals surface area (Å²) in [5.41, 5.74) is 15.9. The van der Waals surface area contributed by atoms with Gasteiger partial charge in [-0.25, -0.2) is 0 Å². The van der Waals surface area contributed by atoms with E-state index in [2.05, 4.69) is 222 Å². The highest BCUT2D eigenvalue weighted by atomic mass is 32.2. The number of hydrogen-bond donors (Lipinski definition) is 0. The largest absolute Gasteiger partial charge is 0.456 e. The molecule has 1 atom stereocenters. The molecule has 12 aromatic rings. The lowest BCUT2D eigenvalue weighted by Gasteiger charge is -2.46. The van der Waals surface area contributed by atoms with Gasteiger partial charge >= 0.3 is 0 Å². The summed E-state index contributed by atoms with van der Waals surface area (Å²) in [4.78, 5) is 4.97. The van der Waals surface area contributed by atoms with Crippen molar-refractivity contribution >= 4 is 83.3 Å². The van der Waals surface area contributed by atoms with Gasteiger partial charge in [0.25, 0.3) is 0 Å². The molecule has 294 valence electrons. The van der Waals surface area contributed by atoms with E-state index in [9.17, 15) is 0 Å². The van der Waals surface area contributed by atoms with Crippen molar-refractivity contribution in [3.8, 4) is 16.8 Å². The molecule has 0 radical (unpaired) electrons. The second kappa shape index (κ2) is 13.1. The van der Waals surface area contributed by atoms with E-state index in [4.69, 9.17) is 4.42 Å². The molecule has 0 saturated heterocycles. The van der Waals surface area contributed by atoms with Crippen LogP contribution in [-0.2, 0) is 5.41 Å². The molecule has 0 saturated carbocycles. The molecule has 1 unspecified atom stereocenters. The summed E-state index contributed by atoms with van der Waals surface area (Å²) in [7, 11) is 0. The molecule has 1 aliphatic heterocycles. The molecule has 14 rings (SSSR count). The van der Waals surface area contributed by atoms with Crippen molar-refractivity contribution in [1.82, 2.24) is 4.57 Å². The quantitative estimate of drug-likeness (QED) is 0.176. The van der Waals surface area contributed by atoms with Crippen LogP contribution in [0.1, 0.15) is 22.3 Å². The first-order valence-corrected chi connectivity index (χ1v) is 22.4. The Hall–Kier alpha value is -7.79. The van der Waals surface area contributed by atoms with E-state index in [1.807, 2.05) is 17.8 Å². The molecule has 1 spiro atoms. The highest BCUT2D eigenvalue weighted by Crippen LogP contribution is 2.62. The molecule has 0 N–H and O–H groups in total. The van der Waals surface area contributed by atoms with Crippen LogP contribution in [0, 0.1) is 0 Å². The van der Waals surface area contributed by atoms with E-state index >= 15 is 0 Å². The molecule has 4 heteroatoms. The molecule has 63 heavy (non-hydrogen) atoms. The zero-order valence-corrected chi connectivity index (χ0v) is 34.8. The predicted octanol–water partition coefficient (Wildman–Crippen LogP) is 16.1. The van der Waals surface area contributed by atoms with Crippen molar-refractivity contribution < 1.29 is 4.42 Å². The minimum absolute atomic E-state index is 0.516. The molecule has 0 bridgehead atoms. The van der Waals surface area contributed by atoms with Gasteiger partial charge in [-0.15, -0.1) is 0 Å². The number of rotatable bonds is 4. The maximum atomic E-state index is 6.37. The van der Waals surface area contributed by atoms with E-state index in [1.54, 1.807) is 0 Å². The summed E-state index contributed by atoms with van der Waals surface area (Å²) in [6, 6.07) is 80.5. The van der Waals surface area contributed by atoms with Crippen molar-refractivity contribution in [2.24, 2.45) is 0 Å². The molecule has 3 nitrogen and oxygen atoms in total. The third kappa shape index (κ3) is 4.81. The monoisotopic (exact) mass is 820 g/mol. The van der Waals surface area contributed by atoms with Crippen molar-refractivity contribution in [3.63, 3.8) is 0 Å². The molecule has 2 aliphatic rings. The Morgan fingerprint density at radius 1 is 0.397 bits per heavy atom. The first-order chi connectivity index (χ1) is 31.2. The van der Waals surface area contributed by atoms with Crippen LogP contribution in [-0.4, -0.2) is 4.57 Å². The van der Waals surface area contributed by atoms with Gasteiger partial charge in [-0.2, -0.15) is 0 Å². The number of hydrogen-bond acceptors (Lipinski definition) is 3. The maximum absolute atomic E-state index is 6.37. The number of furan rings is 1. The van der Waals surface area contributed by atoms with Crippen LogP contribution in [0.2, 0.25) is 0 Å². The fourth-order valence-electron chi connectivity index (χ4n) is 11.1. The van der Waals surface area contributed by atoms with E-state index in [1.165, 1.54) is 75.7 Å². The summed E-state index contributed by atoms with van der Waals surface area (Å²) in [5, 5.41) is 7.24. The number of fused-ring (bicyclic) bond motifs is 14. The molecule has 10 aromatic carbocycles. The minimum atomic E-state index is -0.516. The fourth-order valence-corrected chi connectivity index (χ4v) is 12.3. The van der Waals surface area contributed by atoms with Crippen molar-refractivity contribution in [2.75, 3.05) is 4.90 Å². The zero-order valence-electron chi connectivity index (χ0n) is 34.0. The lowest BCUT2D eigenvalue weighted by Crippen LogP contribution is -2.36. The molecule has 0 fully saturated rings. The van der Waals surface area contributed by atoms with Gasteiger partial charge in [-0.3, -0.25) is 0 Å². The smallest absolute Gasteiger partial charge is 0.135 e. The van der Waals surface area contributed by atoms with Gasteiger partial charge < -0.3 is 13.9 Å². The zero-order chi connectivity index (χ0) is 41.2. The Kier molecular flexibility index (Phi) is 7.26. The second-order valence-electron chi connectivity index (χ2n) is 16.8. The minimum Gasteiger partial charge on any atom is -0.456 e. The Balaban J connectivity index is 1.04. The number of benzene rings is 10. The average molecular weight is 821 g/mol. The molecular formula is C59H36N2OS. The molecule has 3 heterocycles. The van der Waals surface area contributed by atoms with Crippen LogP contribution >= 0.6 is 11.8 Å². The van der Waals surface area contributed by atoms with E-state index in [0.29, 0.717) is 0 Å². The SMILES string of the molecule is c1ccc(-n2c3ccccc3c3cc(N(c4ccc5c(c4)Sc4ccccc4C54c5ccccc5-c5cccc6cccc4c56)c4ccc5oc6ccccc6c5c4)ccc32)cc1. The van der Waals surface area contributed by atoms with E-state index in [0.717, 1.165) is 44.7 Å². The highest BCUT2D eigenvalue weighted by molar-refractivity contribution is 7.99. The molecule has 0 amide bonds. The van der Waals surface area contributed by atoms with Crippen LogP contribution < -0.4 is 4.90 Å². The van der Waals surface area contributed by atoms with E-state index in [-0.39, 0.29) is 0 Å². The summed E-state index contributed by atoms with van der Waals surface area (Å²) in [5.74, 6) is 0. The summed E-state index contributed by atoms with van der Waals surface area (Å²) < 4.78 is 8.76. The summed E-state index contributed by atoms with van der Waals surface area (Å²) in [6.07, 6.45) is 0. The van der Waals surface area contributed by atoms with Crippen molar-refractivity contribution in [3.05, 3.63) is 241 Å². The number of para-hydroxylation sites is 3. The standard InChI is InChI=1S/C59H36N2OS/c1-2-16-38(17-3-1)61-52-25-9-5-19-43(52)46-34-39(29-32-53(46)61)60(40-30-33-55-47(35-40)44-20-6-10-26-54(44)62-55)41-28-31-50-57(36-41)63-56-27-11-8-23-49(56)59(50)48-22-7-4-18-42(48)45-21-12-14-37-15-13-24-51(59)58(37)45/h1-36H. The highest BCUT2D eigenvalue weighted by Gasteiger charge is 2.48. The number of aromatic nitrogens is 1. The fraction of sp³-hybridized carbons (Fsp3) is 0.0169. The Morgan fingerprint density at radius 3 is 1.92 bits per heavy atom. The topological polar surface area (TPSA) is 21.3 Å². The van der Waals surface area contributed by atoms with Gasteiger partial charge in [-0.1, -0.05) is 151 Å². The maximum Gasteiger partial charge on any atom is 0.135 e. The van der Waals surface area contributed by atoms with Gasteiger partial charge in [0.15, 0.2) is 0 Å². The lowest BCUT2D eigenvalue weighted by molar-refractivity contribution is 0.669. The van der Waals surface area contributed by atoms with Crippen molar-refractivity contribution in [1.29, 1.82) is 0 Å². The van der Waals surface area contributed by atoms with Gasteiger partial charge in [0.2, 0.25) is 0 Å². The number of anilines is 3. The first-order valence-electron chi connectivity index (χ1n) is 21.6. The van der Waals surface area contributed by atoms with Gasteiger partial charge in [-0.05, 0) is 123 Å². The average Bonchev–Trinajstić information content (AvgIpc) is 3.88. The predicted molar refractivity (Wildman–Crippen MR) is 262 cm³/mol. The third-order valence-corrected chi connectivity index (χ3v) is 14.7. The Labute approximate surface area is 368 Å². The molecular weight excluding hydrogens is 785 g/mol. The Morgan fingerprint density at radius 2 is 1.02 bits per heavy atom. The summed E-state index contributed by atoms with van der Waals surface area (Å²) >= 11 is 1.88. The summed E-state index contributed by atoms with van der Waals surface area (Å²) in [6.45, 7) is 0. The van der Waals surface area contributed by atoms with Crippen LogP contribution in [0.3, 0.4) is 0 Å². The van der Waals surface area contributed by atoms with E-state index < -0.39 is 5.41 Å². The molecule has 2 aromatic heterocycles. The van der Waals surface area contributed by atoms with Crippen LogP contribution in [0.25, 0.3) is 71.3 Å². The van der Waals surface area contributed by atoms with Gasteiger partial charge in [0, 0.05) is 54.1 Å². The number of nitrogens with zero attached hydrogens (tertiary/aromatic N) is 2. The third-order valence-electron chi connectivity index (χ3n) is 13.6. The Bertz CT molecular complexity index is 3860. The van der Waals surface area contributed by atoms with Gasteiger partial charge in [0.05, 0.1) is 16.4 Å². The second-order valence-corrected chi connectivity index (χ2v) is 17.9. The van der Waals surface area contributed by atoms with Crippen LogP contribution in [0.15, 0.2) is 233 Å². The first kappa shape index (κ1) is 34.9. The van der Waals surface area contributed by atoms with Crippen LogP contribution in [0.4, 0.5) is 17.1 Å². The van der Waals surface area contributed by atoms with Crippen LogP contribution in [0.5, 0.6) is 0 Å². The normalized spacial score (nSPS) is 15.0. The molecule has 1 aliphatic carbocycles.